The topological polar surface area (TPSA) is 76.0 Å². The Bertz CT molecular complexity index is 773. The quantitative estimate of drug-likeness (QED) is 0.697. The Morgan fingerprint density at radius 3 is 2.73 bits per heavy atom. The minimum Gasteiger partial charge on any atom is -0.354 e. The maximum Gasteiger partial charge on any atom is 0.242 e. The van der Waals surface area contributed by atoms with E-state index in [1.807, 2.05) is 23.8 Å². The lowest BCUT2D eigenvalue weighted by atomic mass is 10.1. The van der Waals surface area contributed by atoms with E-state index in [2.05, 4.69) is 41.6 Å². The van der Waals surface area contributed by atoms with Crippen molar-refractivity contribution in [2.24, 2.45) is 0 Å². The Morgan fingerprint density at radius 2 is 2.04 bits per heavy atom. The lowest BCUT2D eigenvalue weighted by Gasteiger charge is -2.14. The fourth-order valence-electron chi connectivity index (χ4n) is 2.35. The van der Waals surface area contributed by atoms with Crippen LogP contribution in [0.3, 0.4) is 0 Å². The fraction of sp³-hybridized carbons (Fsp3) is 0.421. The number of benzene rings is 1. The monoisotopic (exact) mass is 374 g/mol. The van der Waals surface area contributed by atoms with Crippen LogP contribution in [0.1, 0.15) is 31.4 Å². The smallest absolute Gasteiger partial charge is 0.242 e. The van der Waals surface area contributed by atoms with Crippen LogP contribution >= 0.6 is 11.8 Å². The maximum absolute atomic E-state index is 12.1. The number of aromatic nitrogens is 2. The Labute approximate surface area is 158 Å². The third-order valence-electron chi connectivity index (χ3n) is 4.03. The number of hydrogen-bond acceptors (Lipinski definition) is 4. The van der Waals surface area contributed by atoms with E-state index in [9.17, 15) is 9.59 Å². The second-order valence-electron chi connectivity index (χ2n) is 6.22. The molecule has 2 rings (SSSR count). The molecule has 0 aliphatic carbocycles. The van der Waals surface area contributed by atoms with Gasteiger partial charge in [-0.15, -0.1) is 0 Å². The molecule has 2 amide bonds. The van der Waals surface area contributed by atoms with Crippen molar-refractivity contribution in [1.82, 2.24) is 20.2 Å². The number of aryl methyl sites for hydroxylation is 2. The molecule has 7 heteroatoms. The van der Waals surface area contributed by atoms with Crippen molar-refractivity contribution < 1.29 is 9.59 Å². The molecule has 0 aliphatic rings. The highest BCUT2D eigenvalue weighted by atomic mass is 32.2. The predicted octanol–water partition coefficient (Wildman–Crippen LogP) is 2.61. The summed E-state index contributed by atoms with van der Waals surface area (Å²) in [6, 6.07) is 5.66. The Balaban J connectivity index is 1.94. The lowest BCUT2D eigenvalue weighted by molar-refractivity contribution is -0.127. The molecule has 1 aromatic carbocycles. The van der Waals surface area contributed by atoms with Crippen molar-refractivity contribution in [3.63, 3.8) is 0 Å². The van der Waals surface area contributed by atoms with Crippen molar-refractivity contribution in [2.75, 3.05) is 12.3 Å². The van der Waals surface area contributed by atoms with Crippen LogP contribution in [0.4, 0.5) is 0 Å². The molecule has 2 aromatic rings. The summed E-state index contributed by atoms with van der Waals surface area (Å²) in [5, 5.41) is 6.23. The molecule has 0 saturated heterocycles. The van der Waals surface area contributed by atoms with E-state index in [0.29, 0.717) is 6.54 Å². The number of carbonyl (C=O) groups is 2. The van der Waals surface area contributed by atoms with Gasteiger partial charge in [-0.1, -0.05) is 24.8 Å². The average molecular weight is 375 g/mol. The summed E-state index contributed by atoms with van der Waals surface area (Å²) < 4.78 is 1.96. The minimum atomic E-state index is -0.547. The van der Waals surface area contributed by atoms with Crippen LogP contribution in [0.25, 0.3) is 5.69 Å². The van der Waals surface area contributed by atoms with Gasteiger partial charge in [-0.25, -0.2) is 4.98 Å². The third-order valence-corrected chi connectivity index (χ3v) is 4.99. The van der Waals surface area contributed by atoms with E-state index in [-0.39, 0.29) is 17.6 Å². The van der Waals surface area contributed by atoms with E-state index >= 15 is 0 Å². The summed E-state index contributed by atoms with van der Waals surface area (Å²) in [4.78, 5) is 28.3. The molecule has 26 heavy (non-hydrogen) atoms. The molecule has 0 saturated carbocycles. The normalized spacial score (nSPS) is 11.8. The Hall–Kier alpha value is -2.28. The molecule has 1 aromatic heterocycles. The third kappa shape index (κ3) is 5.36. The highest BCUT2D eigenvalue weighted by Crippen LogP contribution is 2.22. The van der Waals surface area contributed by atoms with Gasteiger partial charge < -0.3 is 10.6 Å². The first-order chi connectivity index (χ1) is 12.4. The molecule has 0 aliphatic heterocycles. The van der Waals surface area contributed by atoms with Gasteiger partial charge in [-0.05, 0) is 50.5 Å². The molecule has 0 bridgehead atoms. The second-order valence-corrected chi connectivity index (χ2v) is 7.16. The highest BCUT2D eigenvalue weighted by molar-refractivity contribution is 7.99. The number of rotatable bonds is 8. The number of imidazole rings is 1. The maximum atomic E-state index is 12.1. The van der Waals surface area contributed by atoms with Crippen LogP contribution in [0, 0.1) is 13.8 Å². The van der Waals surface area contributed by atoms with Crippen molar-refractivity contribution >= 4 is 23.6 Å². The molecule has 0 unspecified atom stereocenters. The fourth-order valence-corrected chi connectivity index (χ4v) is 3.13. The predicted molar refractivity (Wildman–Crippen MR) is 105 cm³/mol. The zero-order chi connectivity index (χ0) is 19.1. The summed E-state index contributed by atoms with van der Waals surface area (Å²) in [6.45, 7) is 8.43. The van der Waals surface area contributed by atoms with Gasteiger partial charge in [0, 0.05) is 24.6 Å². The molecule has 1 atom stereocenters. The van der Waals surface area contributed by atoms with Crippen LogP contribution in [0.15, 0.2) is 35.7 Å². The summed E-state index contributed by atoms with van der Waals surface area (Å²) in [7, 11) is 0. The first-order valence-corrected chi connectivity index (χ1v) is 9.71. The zero-order valence-corrected chi connectivity index (χ0v) is 16.5. The molecule has 0 radical (unpaired) electrons. The van der Waals surface area contributed by atoms with Crippen LogP contribution in [-0.2, 0) is 9.59 Å². The van der Waals surface area contributed by atoms with Gasteiger partial charge in [-0.3, -0.25) is 14.2 Å². The van der Waals surface area contributed by atoms with Gasteiger partial charge in [0.25, 0.3) is 0 Å². The van der Waals surface area contributed by atoms with Crippen LogP contribution in [0.2, 0.25) is 0 Å². The first kappa shape index (κ1) is 20.0. The van der Waals surface area contributed by atoms with E-state index in [4.69, 9.17) is 0 Å². The summed E-state index contributed by atoms with van der Waals surface area (Å²) >= 11 is 1.35. The summed E-state index contributed by atoms with van der Waals surface area (Å²) in [5.41, 5.74) is 3.45. The Kier molecular flexibility index (Phi) is 7.26. The number of hydrogen-bond donors (Lipinski definition) is 2. The van der Waals surface area contributed by atoms with E-state index < -0.39 is 6.04 Å². The number of carbonyl (C=O) groups excluding carboxylic acids is 2. The van der Waals surface area contributed by atoms with E-state index in [0.717, 1.165) is 17.3 Å². The molecule has 140 valence electrons. The molecule has 6 nitrogen and oxygen atoms in total. The second kappa shape index (κ2) is 9.43. The summed E-state index contributed by atoms with van der Waals surface area (Å²) in [6.07, 6.45) is 4.46. The molecule has 0 fully saturated rings. The molecule has 2 N–H and O–H groups in total. The minimum absolute atomic E-state index is 0.165. The number of nitrogens with zero attached hydrogens (tertiary/aromatic N) is 2. The zero-order valence-electron chi connectivity index (χ0n) is 15.7. The lowest BCUT2D eigenvalue weighted by Crippen LogP contribution is -2.45. The molecular weight excluding hydrogens is 348 g/mol. The van der Waals surface area contributed by atoms with Gasteiger partial charge in [0.1, 0.15) is 6.04 Å². The summed E-state index contributed by atoms with van der Waals surface area (Å²) in [5.74, 6) is -0.154. The SMILES string of the molecule is CCCNC(=O)[C@@H](C)NC(=O)CSc1nccn1-c1ccc(C)c(C)c1. The van der Waals surface area contributed by atoms with Gasteiger partial charge in [0.15, 0.2) is 5.16 Å². The first-order valence-electron chi connectivity index (χ1n) is 8.73. The largest absolute Gasteiger partial charge is 0.354 e. The average Bonchev–Trinajstić information content (AvgIpc) is 3.08. The van der Waals surface area contributed by atoms with Crippen LogP contribution in [-0.4, -0.2) is 39.7 Å². The highest BCUT2D eigenvalue weighted by Gasteiger charge is 2.16. The van der Waals surface area contributed by atoms with Gasteiger partial charge >= 0.3 is 0 Å². The van der Waals surface area contributed by atoms with E-state index in [1.165, 1.54) is 22.9 Å². The van der Waals surface area contributed by atoms with Crippen molar-refractivity contribution in [2.45, 2.75) is 45.3 Å². The number of thioether (sulfide) groups is 1. The van der Waals surface area contributed by atoms with Gasteiger partial charge in [0.05, 0.1) is 5.75 Å². The van der Waals surface area contributed by atoms with E-state index in [1.54, 1.807) is 13.1 Å². The number of amides is 2. The van der Waals surface area contributed by atoms with Crippen molar-refractivity contribution in [3.05, 3.63) is 41.7 Å². The molecule has 1 heterocycles. The van der Waals surface area contributed by atoms with Crippen LogP contribution in [0.5, 0.6) is 0 Å². The Morgan fingerprint density at radius 1 is 1.27 bits per heavy atom. The van der Waals surface area contributed by atoms with Crippen LogP contribution < -0.4 is 10.6 Å². The van der Waals surface area contributed by atoms with Gasteiger partial charge in [0.2, 0.25) is 11.8 Å². The van der Waals surface area contributed by atoms with Crippen molar-refractivity contribution in [3.8, 4) is 5.69 Å². The molecular formula is C19H26N4O2S. The number of nitrogens with one attached hydrogen (secondary N) is 2. The molecule has 0 spiro atoms. The standard InChI is InChI=1S/C19H26N4O2S/c1-5-8-20-18(25)15(4)22-17(24)12-26-19-21-9-10-23(19)16-7-6-13(2)14(3)11-16/h6-7,9-11,15H,5,8,12H2,1-4H3,(H,20,25)(H,22,24)/t15-/m1/s1. The van der Waals surface area contributed by atoms with Crippen molar-refractivity contribution in [1.29, 1.82) is 0 Å². The van der Waals surface area contributed by atoms with Gasteiger partial charge in [-0.2, -0.15) is 0 Å².